The number of methoxy groups -OCH3 is 1. The number of rotatable bonds is 8. The van der Waals surface area contributed by atoms with Crippen LogP contribution < -0.4 is 10.1 Å². The molecule has 4 aromatic rings. The molecule has 0 amide bonds. The number of nitrogens with zero attached hydrogens (tertiary/aromatic N) is 1. The topological polar surface area (TPSA) is 26.2 Å². The molecule has 1 N–H and O–H groups in total. The summed E-state index contributed by atoms with van der Waals surface area (Å²) < 4.78 is 23.3. The van der Waals surface area contributed by atoms with Crippen molar-refractivity contribution in [3.05, 3.63) is 88.7 Å². The number of aryl methyl sites for hydroxylation is 2. The summed E-state index contributed by atoms with van der Waals surface area (Å²) in [5.41, 5.74) is 6.99. The van der Waals surface area contributed by atoms with Crippen LogP contribution in [0.2, 0.25) is 0 Å². The molecule has 1 aliphatic rings. The fourth-order valence-corrected chi connectivity index (χ4v) is 4.59. The Labute approximate surface area is 195 Å². The molecule has 1 fully saturated rings. The summed E-state index contributed by atoms with van der Waals surface area (Å²) >= 11 is 0. The van der Waals surface area contributed by atoms with E-state index < -0.39 is 0 Å². The summed E-state index contributed by atoms with van der Waals surface area (Å²) in [5, 5.41) is 4.24. The monoisotopic (exact) mass is 442 g/mol. The third-order valence-electron chi connectivity index (χ3n) is 6.63. The van der Waals surface area contributed by atoms with E-state index in [0.29, 0.717) is 17.6 Å². The number of fused-ring (bicyclic) bond motifs is 1. The highest BCUT2D eigenvalue weighted by Crippen LogP contribution is 2.36. The van der Waals surface area contributed by atoms with Gasteiger partial charge in [0.25, 0.3) is 0 Å². The molecule has 1 heterocycles. The molecule has 170 valence electrons. The summed E-state index contributed by atoms with van der Waals surface area (Å²) in [6, 6.07) is 21.4. The fraction of sp³-hybridized carbons (Fsp3) is 0.310. The van der Waals surface area contributed by atoms with Crippen LogP contribution in [-0.2, 0) is 13.0 Å². The van der Waals surface area contributed by atoms with Gasteiger partial charge in [0, 0.05) is 23.5 Å². The van der Waals surface area contributed by atoms with Crippen molar-refractivity contribution in [1.29, 1.82) is 0 Å². The van der Waals surface area contributed by atoms with E-state index in [9.17, 15) is 0 Å². The van der Waals surface area contributed by atoms with Crippen molar-refractivity contribution in [2.24, 2.45) is 0 Å². The van der Waals surface area contributed by atoms with E-state index in [0.717, 1.165) is 47.0 Å². The first-order valence-corrected chi connectivity index (χ1v) is 11.8. The Bertz CT molecular complexity index is 1290. The zero-order valence-electron chi connectivity index (χ0n) is 19.6. The molecule has 0 atom stereocenters. The second kappa shape index (κ2) is 9.03. The summed E-state index contributed by atoms with van der Waals surface area (Å²) in [4.78, 5) is 0. The molecule has 5 rings (SSSR count). The zero-order chi connectivity index (χ0) is 22.9. The molecule has 1 saturated carbocycles. The molecule has 3 nitrogen and oxygen atoms in total. The Morgan fingerprint density at radius 1 is 0.970 bits per heavy atom. The van der Waals surface area contributed by atoms with Crippen LogP contribution in [0.4, 0.5) is 4.39 Å². The van der Waals surface area contributed by atoms with Gasteiger partial charge in [-0.3, -0.25) is 0 Å². The van der Waals surface area contributed by atoms with E-state index in [1.165, 1.54) is 24.0 Å². The van der Waals surface area contributed by atoms with Crippen molar-refractivity contribution in [2.45, 2.75) is 45.7 Å². The Balaban J connectivity index is 1.51. The molecule has 0 unspecified atom stereocenters. The molecule has 0 radical (unpaired) electrons. The Kier molecular flexibility index (Phi) is 5.94. The average molecular weight is 443 g/mol. The molecular weight excluding hydrogens is 411 g/mol. The summed E-state index contributed by atoms with van der Waals surface area (Å²) in [6.07, 6.45) is 3.67. The van der Waals surface area contributed by atoms with Gasteiger partial charge in [-0.05, 0) is 86.7 Å². The third kappa shape index (κ3) is 4.53. The van der Waals surface area contributed by atoms with Crippen molar-refractivity contribution in [2.75, 3.05) is 13.7 Å². The van der Waals surface area contributed by atoms with Crippen LogP contribution >= 0.6 is 0 Å². The van der Waals surface area contributed by atoms with Gasteiger partial charge in [0.2, 0.25) is 0 Å². The van der Waals surface area contributed by atoms with Gasteiger partial charge in [0.15, 0.2) is 5.82 Å². The molecule has 33 heavy (non-hydrogen) atoms. The van der Waals surface area contributed by atoms with Crippen molar-refractivity contribution >= 4 is 10.9 Å². The van der Waals surface area contributed by atoms with Crippen LogP contribution in [0.25, 0.3) is 22.2 Å². The lowest BCUT2D eigenvalue weighted by atomic mass is 10.0. The van der Waals surface area contributed by atoms with E-state index in [-0.39, 0.29) is 5.82 Å². The lowest BCUT2D eigenvalue weighted by Gasteiger charge is -2.14. The lowest BCUT2D eigenvalue weighted by molar-refractivity contribution is 0.414. The van der Waals surface area contributed by atoms with Crippen molar-refractivity contribution in [1.82, 2.24) is 9.88 Å². The van der Waals surface area contributed by atoms with Gasteiger partial charge >= 0.3 is 0 Å². The van der Waals surface area contributed by atoms with Gasteiger partial charge in [-0.2, -0.15) is 0 Å². The molecule has 0 spiro atoms. The fourth-order valence-electron chi connectivity index (χ4n) is 4.59. The number of hydrogen-bond acceptors (Lipinski definition) is 2. The van der Waals surface area contributed by atoms with Crippen molar-refractivity contribution in [3.8, 4) is 17.0 Å². The van der Waals surface area contributed by atoms with Crippen LogP contribution in [0.1, 0.15) is 35.1 Å². The third-order valence-corrected chi connectivity index (χ3v) is 6.63. The SMILES string of the molecule is COc1ccc(-c2c(F)c3cc(C)ccc3n2Cc2ccc(CCNC3CC3)cc2)c(C)c1. The number of benzene rings is 3. The van der Waals surface area contributed by atoms with Gasteiger partial charge in [-0.25, -0.2) is 4.39 Å². The second-order valence-corrected chi connectivity index (χ2v) is 9.25. The second-order valence-electron chi connectivity index (χ2n) is 9.25. The van der Waals surface area contributed by atoms with Gasteiger partial charge in [0.1, 0.15) is 5.75 Å². The van der Waals surface area contributed by atoms with Crippen LogP contribution in [0.3, 0.4) is 0 Å². The van der Waals surface area contributed by atoms with Crippen LogP contribution in [-0.4, -0.2) is 24.3 Å². The zero-order valence-corrected chi connectivity index (χ0v) is 19.6. The van der Waals surface area contributed by atoms with E-state index in [1.54, 1.807) is 7.11 Å². The Hall–Kier alpha value is -3.11. The molecular formula is C29H31FN2O. The minimum absolute atomic E-state index is 0.162. The highest BCUT2D eigenvalue weighted by Gasteiger charge is 2.21. The summed E-state index contributed by atoms with van der Waals surface area (Å²) in [5.74, 6) is 0.617. The van der Waals surface area contributed by atoms with E-state index in [2.05, 4.69) is 40.2 Å². The number of ether oxygens (including phenoxy) is 1. The minimum atomic E-state index is -0.162. The predicted octanol–water partition coefficient (Wildman–Crippen LogP) is 6.42. The minimum Gasteiger partial charge on any atom is -0.497 e. The van der Waals surface area contributed by atoms with Gasteiger partial charge in [-0.15, -0.1) is 0 Å². The van der Waals surface area contributed by atoms with E-state index >= 15 is 4.39 Å². The largest absolute Gasteiger partial charge is 0.497 e. The average Bonchev–Trinajstić information content (AvgIpc) is 3.60. The summed E-state index contributed by atoms with van der Waals surface area (Å²) in [7, 11) is 1.65. The van der Waals surface area contributed by atoms with Gasteiger partial charge in [-0.1, -0.05) is 35.9 Å². The van der Waals surface area contributed by atoms with Crippen LogP contribution in [0, 0.1) is 19.7 Å². The molecule has 4 heteroatoms. The first kappa shape index (κ1) is 21.7. The molecule has 1 aliphatic carbocycles. The highest BCUT2D eigenvalue weighted by atomic mass is 19.1. The molecule has 0 saturated heterocycles. The molecule has 3 aromatic carbocycles. The molecule has 0 bridgehead atoms. The Morgan fingerprint density at radius 2 is 1.73 bits per heavy atom. The maximum Gasteiger partial charge on any atom is 0.156 e. The highest BCUT2D eigenvalue weighted by molar-refractivity contribution is 5.89. The number of aromatic nitrogens is 1. The first-order valence-electron chi connectivity index (χ1n) is 11.8. The molecule has 1 aromatic heterocycles. The standard InChI is InChI=1S/C29H31FN2O/c1-19-4-13-27-26(16-19)28(30)29(25-12-11-24(33-3)17-20(25)2)32(27)18-22-7-5-21(6-8-22)14-15-31-23-9-10-23/h4-8,11-13,16-17,23,31H,9-10,14-15,18H2,1-3H3. The van der Waals surface area contributed by atoms with Crippen LogP contribution in [0.15, 0.2) is 60.7 Å². The van der Waals surface area contributed by atoms with Gasteiger partial charge < -0.3 is 14.6 Å². The first-order chi connectivity index (χ1) is 16.0. The molecule has 0 aliphatic heterocycles. The van der Waals surface area contributed by atoms with Crippen molar-refractivity contribution in [3.63, 3.8) is 0 Å². The quantitative estimate of drug-likeness (QED) is 0.341. The van der Waals surface area contributed by atoms with E-state index in [1.807, 2.05) is 44.2 Å². The van der Waals surface area contributed by atoms with Gasteiger partial charge in [0.05, 0.1) is 18.3 Å². The van der Waals surface area contributed by atoms with Crippen LogP contribution in [0.5, 0.6) is 5.75 Å². The normalized spacial score (nSPS) is 13.6. The Morgan fingerprint density at radius 3 is 2.42 bits per heavy atom. The number of hydrogen-bond donors (Lipinski definition) is 1. The number of halogens is 1. The number of nitrogens with one attached hydrogen (secondary N) is 1. The lowest BCUT2D eigenvalue weighted by Crippen LogP contribution is -2.19. The van der Waals surface area contributed by atoms with E-state index in [4.69, 9.17) is 4.74 Å². The maximum atomic E-state index is 15.8. The smallest absolute Gasteiger partial charge is 0.156 e. The summed E-state index contributed by atoms with van der Waals surface area (Å²) in [6.45, 7) is 5.66. The predicted molar refractivity (Wildman–Crippen MR) is 134 cm³/mol. The van der Waals surface area contributed by atoms with Crippen molar-refractivity contribution < 1.29 is 9.13 Å². The maximum absolute atomic E-state index is 15.8.